The summed E-state index contributed by atoms with van der Waals surface area (Å²) in [6.45, 7) is 2.26. The van der Waals surface area contributed by atoms with E-state index in [0.29, 0.717) is 10.9 Å². The highest BCUT2D eigenvalue weighted by molar-refractivity contribution is 6.33. The smallest absolute Gasteiger partial charge is 0.124 e. The van der Waals surface area contributed by atoms with Gasteiger partial charge in [0, 0.05) is 0 Å². The molecule has 2 unspecified atom stereocenters. The van der Waals surface area contributed by atoms with Gasteiger partial charge in [-0.05, 0) is 48.1 Å². The van der Waals surface area contributed by atoms with Crippen molar-refractivity contribution in [2.45, 2.75) is 31.7 Å². The van der Waals surface area contributed by atoms with E-state index in [4.69, 9.17) is 11.6 Å². The van der Waals surface area contributed by atoms with Gasteiger partial charge in [-0.1, -0.05) is 42.8 Å². The highest BCUT2D eigenvalue weighted by atomic mass is 35.5. The summed E-state index contributed by atoms with van der Waals surface area (Å²) >= 11 is 6.10. The van der Waals surface area contributed by atoms with E-state index in [1.807, 2.05) is 0 Å². The minimum Gasteiger partial charge on any atom is -0.377 e. The van der Waals surface area contributed by atoms with Crippen LogP contribution in [0.3, 0.4) is 0 Å². The molecule has 3 rings (SSSR count). The van der Waals surface area contributed by atoms with Crippen LogP contribution < -0.4 is 5.32 Å². The van der Waals surface area contributed by atoms with Crippen molar-refractivity contribution < 1.29 is 4.39 Å². The van der Waals surface area contributed by atoms with Crippen molar-refractivity contribution in [3.63, 3.8) is 0 Å². The number of fused-ring (bicyclic) bond motifs is 1. The average Bonchev–Trinajstić information content (AvgIpc) is 2.45. The van der Waals surface area contributed by atoms with Gasteiger partial charge in [-0.15, -0.1) is 0 Å². The SMILES string of the molecule is CC1CCC(Nc2ccc(F)cc2Cl)c2ccccc21. The predicted octanol–water partition coefficient (Wildman–Crippen LogP) is 5.53. The maximum Gasteiger partial charge on any atom is 0.124 e. The lowest BCUT2D eigenvalue weighted by Crippen LogP contribution is -2.19. The standard InChI is InChI=1S/C17H17ClFN/c1-11-6-8-16(14-5-3-2-4-13(11)14)20-17-9-7-12(19)10-15(17)18/h2-5,7,9-11,16,20H,6,8H2,1H3. The summed E-state index contributed by atoms with van der Waals surface area (Å²) in [5.41, 5.74) is 3.52. The molecule has 2 aromatic rings. The average molecular weight is 290 g/mol. The van der Waals surface area contributed by atoms with Gasteiger partial charge in [-0.2, -0.15) is 0 Å². The van der Waals surface area contributed by atoms with Gasteiger partial charge < -0.3 is 5.32 Å². The highest BCUT2D eigenvalue weighted by Crippen LogP contribution is 2.39. The Hall–Kier alpha value is -1.54. The zero-order valence-electron chi connectivity index (χ0n) is 11.4. The van der Waals surface area contributed by atoms with Crippen molar-refractivity contribution in [3.05, 3.63) is 64.4 Å². The minimum atomic E-state index is -0.307. The summed E-state index contributed by atoms with van der Waals surface area (Å²) in [5.74, 6) is 0.283. The number of nitrogens with one attached hydrogen (secondary N) is 1. The first-order valence-corrected chi connectivity index (χ1v) is 7.33. The van der Waals surface area contributed by atoms with E-state index < -0.39 is 0 Å². The molecule has 0 spiro atoms. The summed E-state index contributed by atoms with van der Waals surface area (Å²) in [6.07, 6.45) is 2.21. The fourth-order valence-electron chi connectivity index (χ4n) is 2.95. The van der Waals surface area contributed by atoms with Crippen molar-refractivity contribution in [1.82, 2.24) is 0 Å². The topological polar surface area (TPSA) is 12.0 Å². The molecular formula is C17H17ClFN. The van der Waals surface area contributed by atoms with Crippen molar-refractivity contribution in [1.29, 1.82) is 0 Å². The van der Waals surface area contributed by atoms with E-state index in [1.165, 1.54) is 23.3 Å². The zero-order chi connectivity index (χ0) is 14.1. The molecule has 0 saturated heterocycles. The number of rotatable bonds is 2. The zero-order valence-corrected chi connectivity index (χ0v) is 12.1. The molecule has 0 saturated carbocycles. The molecular weight excluding hydrogens is 273 g/mol. The minimum absolute atomic E-state index is 0.241. The van der Waals surface area contributed by atoms with Crippen LogP contribution in [-0.2, 0) is 0 Å². The van der Waals surface area contributed by atoms with Gasteiger partial charge in [0.2, 0.25) is 0 Å². The number of anilines is 1. The number of hydrogen-bond acceptors (Lipinski definition) is 1. The number of halogens is 2. The Morgan fingerprint density at radius 2 is 1.85 bits per heavy atom. The van der Waals surface area contributed by atoms with Crippen LogP contribution in [-0.4, -0.2) is 0 Å². The quantitative estimate of drug-likeness (QED) is 0.766. The molecule has 0 radical (unpaired) electrons. The normalized spacial score (nSPS) is 21.4. The van der Waals surface area contributed by atoms with Crippen LogP contribution in [0.25, 0.3) is 0 Å². The summed E-state index contributed by atoms with van der Waals surface area (Å²) < 4.78 is 13.1. The maximum absolute atomic E-state index is 13.1. The van der Waals surface area contributed by atoms with Gasteiger partial charge in [0.25, 0.3) is 0 Å². The fourth-order valence-corrected chi connectivity index (χ4v) is 3.17. The molecule has 1 aliphatic rings. The second-order valence-corrected chi connectivity index (χ2v) is 5.84. The van der Waals surface area contributed by atoms with Crippen molar-refractivity contribution in [3.8, 4) is 0 Å². The molecule has 0 bridgehead atoms. The van der Waals surface area contributed by atoms with Crippen LogP contribution in [0.4, 0.5) is 10.1 Å². The Morgan fingerprint density at radius 1 is 1.10 bits per heavy atom. The van der Waals surface area contributed by atoms with E-state index in [1.54, 1.807) is 6.07 Å². The largest absolute Gasteiger partial charge is 0.377 e. The summed E-state index contributed by atoms with van der Waals surface area (Å²) in [5, 5.41) is 3.89. The molecule has 3 heteroatoms. The first-order chi connectivity index (χ1) is 9.65. The van der Waals surface area contributed by atoms with Crippen molar-refractivity contribution in [2.75, 3.05) is 5.32 Å². The van der Waals surface area contributed by atoms with Gasteiger partial charge in [-0.25, -0.2) is 4.39 Å². The number of benzene rings is 2. The van der Waals surface area contributed by atoms with Crippen molar-refractivity contribution >= 4 is 17.3 Å². The van der Waals surface area contributed by atoms with E-state index in [0.717, 1.165) is 18.5 Å². The third-order valence-electron chi connectivity index (χ3n) is 4.05. The lowest BCUT2D eigenvalue weighted by Gasteiger charge is -2.31. The first kappa shape index (κ1) is 13.4. The predicted molar refractivity (Wildman–Crippen MR) is 81.9 cm³/mol. The Bertz CT molecular complexity index is 626. The molecule has 1 aliphatic carbocycles. The van der Waals surface area contributed by atoms with Crippen LogP contribution >= 0.6 is 11.6 Å². The van der Waals surface area contributed by atoms with Crippen LogP contribution in [0, 0.1) is 5.82 Å². The molecule has 0 amide bonds. The lowest BCUT2D eigenvalue weighted by molar-refractivity contribution is 0.534. The van der Waals surface area contributed by atoms with E-state index >= 15 is 0 Å². The van der Waals surface area contributed by atoms with Crippen LogP contribution in [0.2, 0.25) is 5.02 Å². The Morgan fingerprint density at radius 3 is 2.60 bits per heavy atom. The van der Waals surface area contributed by atoms with Crippen LogP contribution in [0.5, 0.6) is 0 Å². The monoisotopic (exact) mass is 289 g/mol. The molecule has 0 heterocycles. The Labute approximate surface area is 123 Å². The van der Waals surface area contributed by atoms with E-state index in [-0.39, 0.29) is 11.9 Å². The summed E-state index contributed by atoms with van der Waals surface area (Å²) in [7, 11) is 0. The van der Waals surface area contributed by atoms with Crippen LogP contribution in [0.1, 0.15) is 42.9 Å². The number of hydrogen-bond donors (Lipinski definition) is 1. The molecule has 2 aromatic carbocycles. The molecule has 1 N–H and O–H groups in total. The van der Waals surface area contributed by atoms with E-state index in [9.17, 15) is 4.39 Å². The second kappa shape index (κ2) is 5.45. The molecule has 20 heavy (non-hydrogen) atoms. The third-order valence-corrected chi connectivity index (χ3v) is 4.36. The van der Waals surface area contributed by atoms with Crippen molar-refractivity contribution in [2.24, 2.45) is 0 Å². The third kappa shape index (κ3) is 2.53. The molecule has 2 atom stereocenters. The maximum atomic E-state index is 13.1. The van der Waals surface area contributed by atoms with Gasteiger partial charge in [-0.3, -0.25) is 0 Å². The van der Waals surface area contributed by atoms with Gasteiger partial charge in [0.15, 0.2) is 0 Å². The molecule has 104 valence electrons. The van der Waals surface area contributed by atoms with Gasteiger partial charge in [0.1, 0.15) is 5.82 Å². The molecule has 0 fully saturated rings. The molecule has 1 nitrogen and oxygen atoms in total. The van der Waals surface area contributed by atoms with E-state index in [2.05, 4.69) is 36.5 Å². The summed E-state index contributed by atoms with van der Waals surface area (Å²) in [4.78, 5) is 0. The molecule has 0 aliphatic heterocycles. The molecule has 0 aromatic heterocycles. The van der Waals surface area contributed by atoms with Gasteiger partial charge in [0.05, 0.1) is 16.8 Å². The second-order valence-electron chi connectivity index (χ2n) is 5.43. The van der Waals surface area contributed by atoms with Gasteiger partial charge >= 0.3 is 0 Å². The first-order valence-electron chi connectivity index (χ1n) is 6.95. The Balaban J connectivity index is 1.90. The fraction of sp³-hybridized carbons (Fsp3) is 0.294. The Kier molecular flexibility index (Phi) is 3.66. The highest BCUT2D eigenvalue weighted by Gasteiger charge is 2.24. The van der Waals surface area contributed by atoms with Crippen LogP contribution in [0.15, 0.2) is 42.5 Å². The lowest BCUT2D eigenvalue weighted by atomic mass is 9.81. The summed E-state index contributed by atoms with van der Waals surface area (Å²) in [6, 6.07) is 13.2.